The van der Waals surface area contributed by atoms with E-state index in [0.717, 1.165) is 18.5 Å². The molecule has 0 fully saturated rings. The molecule has 0 unspecified atom stereocenters. The first-order valence-corrected chi connectivity index (χ1v) is 4.49. The summed E-state index contributed by atoms with van der Waals surface area (Å²) in [5.41, 5.74) is 2.21. The monoisotopic (exact) mass is 172 g/mol. The normalized spacial score (nSPS) is 15.2. The fourth-order valence-electron chi connectivity index (χ4n) is 1.31. The van der Waals surface area contributed by atoms with Crippen LogP contribution >= 0.6 is 0 Å². The Bertz CT molecular complexity index is 325. The summed E-state index contributed by atoms with van der Waals surface area (Å²) in [5, 5.41) is 3.29. The van der Waals surface area contributed by atoms with Crippen LogP contribution in [0.25, 0.3) is 0 Å². The molecule has 1 aliphatic carbocycles. The number of rotatable bonds is 2. The van der Waals surface area contributed by atoms with E-state index in [2.05, 4.69) is 28.5 Å². The maximum atomic E-state index is 4.04. The molecule has 1 heterocycles. The lowest BCUT2D eigenvalue weighted by atomic mass is 10.1. The van der Waals surface area contributed by atoms with Crippen LogP contribution in [0.4, 0.5) is 5.69 Å². The van der Waals surface area contributed by atoms with Crippen LogP contribution in [0.3, 0.4) is 0 Å². The molecule has 13 heavy (non-hydrogen) atoms. The summed E-state index contributed by atoms with van der Waals surface area (Å²) in [5.74, 6) is 0. The Labute approximate surface area is 78.0 Å². The molecule has 66 valence electrons. The summed E-state index contributed by atoms with van der Waals surface area (Å²) in [4.78, 5) is 4.04. The van der Waals surface area contributed by atoms with Gasteiger partial charge in [-0.2, -0.15) is 0 Å². The third kappa shape index (κ3) is 2.18. The van der Waals surface area contributed by atoms with E-state index < -0.39 is 0 Å². The van der Waals surface area contributed by atoms with Crippen molar-refractivity contribution in [2.24, 2.45) is 0 Å². The van der Waals surface area contributed by atoms with Crippen molar-refractivity contribution in [1.29, 1.82) is 0 Å². The largest absolute Gasteiger partial charge is 0.355 e. The second-order valence-electron chi connectivity index (χ2n) is 3.01. The molecule has 1 aliphatic rings. The van der Waals surface area contributed by atoms with Crippen molar-refractivity contribution in [3.05, 3.63) is 48.5 Å². The molecular formula is C11H12N2. The van der Waals surface area contributed by atoms with E-state index in [9.17, 15) is 0 Å². The fourth-order valence-corrected chi connectivity index (χ4v) is 1.31. The van der Waals surface area contributed by atoms with Crippen LogP contribution in [-0.2, 0) is 0 Å². The van der Waals surface area contributed by atoms with Crippen molar-refractivity contribution in [2.45, 2.75) is 12.8 Å². The van der Waals surface area contributed by atoms with Gasteiger partial charge in [0.2, 0.25) is 0 Å². The summed E-state index contributed by atoms with van der Waals surface area (Å²) in [7, 11) is 0. The van der Waals surface area contributed by atoms with Gasteiger partial charge < -0.3 is 5.32 Å². The molecule has 2 heteroatoms. The maximum absolute atomic E-state index is 4.04. The molecule has 0 aliphatic heterocycles. The van der Waals surface area contributed by atoms with Gasteiger partial charge in [-0.1, -0.05) is 12.2 Å². The summed E-state index contributed by atoms with van der Waals surface area (Å²) in [6.45, 7) is 0. The third-order valence-electron chi connectivity index (χ3n) is 1.95. The zero-order valence-corrected chi connectivity index (χ0v) is 7.40. The molecule has 0 saturated carbocycles. The Hall–Kier alpha value is -1.57. The van der Waals surface area contributed by atoms with Gasteiger partial charge in [0.1, 0.15) is 0 Å². The predicted molar refractivity (Wildman–Crippen MR) is 54.3 cm³/mol. The lowest BCUT2D eigenvalue weighted by molar-refractivity contribution is 1.02. The van der Waals surface area contributed by atoms with Crippen molar-refractivity contribution < 1.29 is 0 Å². The SMILES string of the molecule is C1=CC(Nc2cccnc2)=CCC1. The molecule has 2 nitrogen and oxygen atoms in total. The van der Waals surface area contributed by atoms with E-state index in [0.29, 0.717) is 0 Å². The minimum absolute atomic E-state index is 1.04. The van der Waals surface area contributed by atoms with Crippen molar-refractivity contribution in [1.82, 2.24) is 4.98 Å². The van der Waals surface area contributed by atoms with E-state index in [1.165, 1.54) is 5.70 Å². The van der Waals surface area contributed by atoms with Crippen LogP contribution < -0.4 is 5.32 Å². The first kappa shape index (κ1) is 8.05. The molecule has 0 radical (unpaired) electrons. The summed E-state index contributed by atoms with van der Waals surface area (Å²) in [6.07, 6.45) is 12.4. The Morgan fingerprint density at radius 2 is 2.31 bits per heavy atom. The molecule has 0 bridgehead atoms. The zero-order valence-electron chi connectivity index (χ0n) is 7.40. The lowest BCUT2D eigenvalue weighted by Gasteiger charge is -2.09. The first-order valence-electron chi connectivity index (χ1n) is 4.49. The summed E-state index contributed by atoms with van der Waals surface area (Å²) in [6, 6.07) is 3.94. The molecule has 1 aromatic rings. The molecule has 0 saturated heterocycles. The van der Waals surface area contributed by atoms with E-state index in [-0.39, 0.29) is 0 Å². The topological polar surface area (TPSA) is 24.9 Å². The van der Waals surface area contributed by atoms with E-state index in [1.54, 1.807) is 6.20 Å². The maximum Gasteiger partial charge on any atom is 0.0570 e. The number of anilines is 1. The second kappa shape index (κ2) is 3.90. The van der Waals surface area contributed by atoms with Crippen molar-refractivity contribution in [3.8, 4) is 0 Å². The summed E-state index contributed by atoms with van der Waals surface area (Å²) >= 11 is 0. The van der Waals surface area contributed by atoms with Crippen LogP contribution in [0.15, 0.2) is 48.5 Å². The molecule has 2 rings (SSSR count). The second-order valence-corrected chi connectivity index (χ2v) is 3.01. The predicted octanol–water partition coefficient (Wildman–Crippen LogP) is 2.73. The van der Waals surface area contributed by atoms with Gasteiger partial charge >= 0.3 is 0 Å². The zero-order chi connectivity index (χ0) is 8.93. The van der Waals surface area contributed by atoms with Crippen molar-refractivity contribution in [2.75, 3.05) is 5.32 Å². The number of nitrogens with zero attached hydrogens (tertiary/aromatic N) is 1. The fraction of sp³-hybridized carbons (Fsp3) is 0.182. The van der Waals surface area contributed by atoms with Crippen LogP contribution in [0, 0.1) is 0 Å². The van der Waals surface area contributed by atoms with E-state index >= 15 is 0 Å². The van der Waals surface area contributed by atoms with E-state index in [4.69, 9.17) is 0 Å². The minimum atomic E-state index is 1.04. The van der Waals surface area contributed by atoms with Gasteiger partial charge in [0, 0.05) is 11.9 Å². The van der Waals surface area contributed by atoms with E-state index in [1.807, 2.05) is 18.3 Å². The molecule has 1 aromatic heterocycles. The average molecular weight is 172 g/mol. The Morgan fingerprint density at radius 3 is 3.00 bits per heavy atom. The molecule has 0 amide bonds. The summed E-state index contributed by atoms with van der Waals surface area (Å²) < 4.78 is 0. The highest BCUT2D eigenvalue weighted by molar-refractivity contribution is 5.49. The van der Waals surface area contributed by atoms with Gasteiger partial charge in [-0.3, -0.25) is 4.98 Å². The van der Waals surface area contributed by atoms with Crippen LogP contribution in [0.5, 0.6) is 0 Å². The highest BCUT2D eigenvalue weighted by Crippen LogP contribution is 2.13. The number of pyridine rings is 1. The van der Waals surface area contributed by atoms with Crippen LogP contribution in [0.1, 0.15) is 12.8 Å². The number of hydrogen-bond acceptors (Lipinski definition) is 2. The third-order valence-corrected chi connectivity index (χ3v) is 1.95. The molecular weight excluding hydrogens is 160 g/mol. The highest BCUT2D eigenvalue weighted by atomic mass is 14.9. The Kier molecular flexibility index (Phi) is 2.41. The Balaban J connectivity index is 2.06. The number of aromatic nitrogens is 1. The number of allylic oxidation sites excluding steroid dienone is 3. The van der Waals surface area contributed by atoms with Crippen molar-refractivity contribution >= 4 is 5.69 Å². The standard InChI is InChI=1S/C11H12N2/c1-2-5-10(6-3-1)13-11-7-4-8-12-9-11/h2,4-9,13H,1,3H2. The lowest BCUT2D eigenvalue weighted by Crippen LogP contribution is -1.98. The first-order chi connectivity index (χ1) is 6.45. The smallest absolute Gasteiger partial charge is 0.0570 e. The van der Waals surface area contributed by atoms with Gasteiger partial charge in [-0.05, 0) is 31.1 Å². The Morgan fingerprint density at radius 1 is 1.31 bits per heavy atom. The molecule has 0 aromatic carbocycles. The average Bonchev–Trinajstić information content (AvgIpc) is 2.21. The molecule has 0 spiro atoms. The molecule has 1 N–H and O–H groups in total. The van der Waals surface area contributed by atoms with Gasteiger partial charge in [0.05, 0.1) is 11.9 Å². The number of nitrogens with one attached hydrogen (secondary N) is 1. The van der Waals surface area contributed by atoms with Gasteiger partial charge in [-0.25, -0.2) is 0 Å². The molecule has 0 atom stereocenters. The van der Waals surface area contributed by atoms with Gasteiger partial charge in [-0.15, -0.1) is 0 Å². The number of hydrogen-bond donors (Lipinski definition) is 1. The van der Waals surface area contributed by atoms with Crippen LogP contribution in [0.2, 0.25) is 0 Å². The highest BCUT2D eigenvalue weighted by Gasteiger charge is 1.96. The van der Waals surface area contributed by atoms with Gasteiger partial charge in [0.15, 0.2) is 0 Å². The quantitative estimate of drug-likeness (QED) is 0.742. The van der Waals surface area contributed by atoms with Gasteiger partial charge in [0.25, 0.3) is 0 Å². The van der Waals surface area contributed by atoms with Crippen molar-refractivity contribution in [3.63, 3.8) is 0 Å². The van der Waals surface area contributed by atoms with Crippen LogP contribution in [-0.4, -0.2) is 4.98 Å². The minimum Gasteiger partial charge on any atom is -0.355 e.